The van der Waals surface area contributed by atoms with E-state index in [0.717, 1.165) is 25.2 Å². The van der Waals surface area contributed by atoms with Gasteiger partial charge in [-0.05, 0) is 40.6 Å². The Morgan fingerprint density at radius 2 is 2.21 bits per heavy atom. The molecule has 0 saturated carbocycles. The minimum Gasteiger partial charge on any atom is -0.335 e. The lowest BCUT2D eigenvalue weighted by Crippen LogP contribution is -2.31. The number of halogens is 1. The van der Waals surface area contributed by atoms with Crippen molar-refractivity contribution in [2.75, 3.05) is 0 Å². The van der Waals surface area contributed by atoms with Crippen molar-refractivity contribution in [1.29, 1.82) is 0 Å². The highest BCUT2D eigenvalue weighted by molar-refractivity contribution is 14.1. The van der Waals surface area contributed by atoms with Gasteiger partial charge in [0.25, 0.3) is 0 Å². The first-order valence-electron chi connectivity index (χ1n) is 6.46. The van der Waals surface area contributed by atoms with Gasteiger partial charge in [0.2, 0.25) is 0 Å². The first-order valence-corrected chi connectivity index (χ1v) is 7.54. The van der Waals surface area contributed by atoms with E-state index in [0.29, 0.717) is 0 Å². The van der Waals surface area contributed by atoms with Gasteiger partial charge in [0.05, 0.1) is 6.04 Å². The van der Waals surface area contributed by atoms with Crippen molar-refractivity contribution in [2.24, 2.45) is 5.84 Å². The fraction of sp³-hybridized carbons (Fsp3) is 0.357. The molecule has 1 heterocycles. The fourth-order valence-corrected chi connectivity index (χ4v) is 2.94. The first kappa shape index (κ1) is 14.5. The molecule has 0 spiro atoms. The largest absolute Gasteiger partial charge is 0.335 e. The van der Waals surface area contributed by atoms with Crippen LogP contribution in [0.1, 0.15) is 30.8 Å². The topological polar surface area (TPSA) is 55.9 Å². The molecule has 0 aliphatic heterocycles. The second kappa shape index (κ2) is 7.02. The molecule has 1 atom stereocenters. The van der Waals surface area contributed by atoms with Crippen LogP contribution in [-0.2, 0) is 13.0 Å². The number of nitrogens with zero attached hydrogens (tertiary/aromatic N) is 2. The Bertz CT molecular complexity index is 524. The van der Waals surface area contributed by atoms with Gasteiger partial charge in [-0.2, -0.15) is 0 Å². The number of benzene rings is 1. The van der Waals surface area contributed by atoms with Crippen molar-refractivity contribution in [3.63, 3.8) is 0 Å². The number of hydrogen-bond donors (Lipinski definition) is 2. The molecular formula is C14H19IN4. The van der Waals surface area contributed by atoms with Crippen LogP contribution in [0.5, 0.6) is 0 Å². The number of rotatable bonds is 6. The van der Waals surface area contributed by atoms with Crippen LogP contribution in [0, 0.1) is 3.57 Å². The molecule has 0 fully saturated rings. The molecule has 0 radical (unpaired) electrons. The molecule has 4 nitrogen and oxygen atoms in total. The molecule has 19 heavy (non-hydrogen) atoms. The summed E-state index contributed by atoms with van der Waals surface area (Å²) in [7, 11) is 0. The number of imidazole rings is 1. The summed E-state index contributed by atoms with van der Waals surface area (Å²) in [4.78, 5) is 4.44. The van der Waals surface area contributed by atoms with Gasteiger partial charge in [-0.1, -0.05) is 25.1 Å². The summed E-state index contributed by atoms with van der Waals surface area (Å²) < 4.78 is 3.41. The van der Waals surface area contributed by atoms with Crippen LogP contribution in [0.2, 0.25) is 0 Å². The van der Waals surface area contributed by atoms with Gasteiger partial charge < -0.3 is 4.57 Å². The predicted molar refractivity (Wildman–Crippen MR) is 85.4 cm³/mol. The van der Waals surface area contributed by atoms with Gasteiger partial charge >= 0.3 is 0 Å². The van der Waals surface area contributed by atoms with E-state index in [1.807, 2.05) is 24.5 Å². The number of aromatic nitrogens is 2. The van der Waals surface area contributed by atoms with E-state index >= 15 is 0 Å². The van der Waals surface area contributed by atoms with E-state index in [4.69, 9.17) is 5.84 Å². The summed E-state index contributed by atoms with van der Waals surface area (Å²) in [6, 6.07) is 8.38. The van der Waals surface area contributed by atoms with E-state index < -0.39 is 0 Å². The molecule has 0 amide bonds. The quantitative estimate of drug-likeness (QED) is 0.467. The minimum absolute atomic E-state index is 0.0890. The standard InChI is InChI=1S/C14H19IN4/c1-2-8-19-9-7-17-14(19)10-13(18-16)11-5-3-4-6-12(11)15/h3-7,9,13,18H,2,8,10,16H2,1H3. The Labute approximate surface area is 127 Å². The maximum Gasteiger partial charge on any atom is 0.110 e. The van der Waals surface area contributed by atoms with Gasteiger partial charge in [0, 0.05) is 28.9 Å². The molecule has 1 unspecified atom stereocenters. The molecule has 0 bridgehead atoms. The van der Waals surface area contributed by atoms with Crippen LogP contribution in [0.3, 0.4) is 0 Å². The Hall–Kier alpha value is -0.920. The van der Waals surface area contributed by atoms with Crippen molar-refractivity contribution in [2.45, 2.75) is 32.4 Å². The fourth-order valence-electron chi connectivity index (χ4n) is 2.17. The van der Waals surface area contributed by atoms with E-state index in [2.05, 4.69) is 56.6 Å². The molecular weight excluding hydrogens is 351 g/mol. The van der Waals surface area contributed by atoms with E-state index in [-0.39, 0.29) is 6.04 Å². The van der Waals surface area contributed by atoms with Crippen molar-refractivity contribution in [3.05, 3.63) is 51.6 Å². The van der Waals surface area contributed by atoms with Gasteiger partial charge in [-0.3, -0.25) is 11.3 Å². The molecule has 0 aliphatic carbocycles. The second-order valence-electron chi connectivity index (χ2n) is 4.48. The average molecular weight is 370 g/mol. The number of nitrogens with two attached hydrogens (primary N) is 1. The number of hydrogen-bond acceptors (Lipinski definition) is 3. The zero-order valence-electron chi connectivity index (χ0n) is 11.0. The van der Waals surface area contributed by atoms with E-state index in [9.17, 15) is 0 Å². The molecule has 0 aliphatic rings. The monoisotopic (exact) mass is 370 g/mol. The third-order valence-electron chi connectivity index (χ3n) is 3.13. The highest BCUT2D eigenvalue weighted by atomic mass is 127. The Morgan fingerprint density at radius 1 is 1.42 bits per heavy atom. The summed E-state index contributed by atoms with van der Waals surface area (Å²) in [5.74, 6) is 6.80. The molecule has 2 rings (SSSR count). The van der Waals surface area contributed by atoms with Gasteiger partial charge in [-0.25, -0.2) is 4.98 Å². The van der Waals surface area contributed by atoms with Crippen molar-refractivity contribution < 1.29 is 0 Å². The summed E-state index contributed by atoms with van der Waals surface area (Å²) in [6.07, 6.45) is 5.79. The van der Waals surface area contributed by atoms with E-state index in [1.54, 1.807) is 0 Å². The maximum atomic E-state index is 5.72. The number of hydrazine groups is 1. The highest BCUT2D eigenvalue weighted by Gasteiger charge is 2.15. The predicted octanol–water partition coefficient (Wildman–Crippen LogP) is 2.64. The van der Waals surface area contributed by atoms with Crippen LogP contribution in [0.25, 0.3) is 0 Å². The van der Waals surface area contributed by atoms with Crippen LogP contribution in [0.15, 0.2) is 36.7 Å². The minimum atomic E-state index is 0.0890. The van der Waals surface area contributed by atoms with E-state index in [1.165, 1.54) is 9.13 Å². The van der Waals surface area contributed by atoms with Crippen LogP contribution in [-0.4, -0.2) is 9.55 Å². The Morgan fingerprint density at radius 3 is 2.89 bits per heavy atom. The van der Waals surface area contributed by atoms with Gasteiger partial charge in [0.15, 0.2) is 0 Å². The van der Waals surface area contributed by atoms with Crippen LogP contribution < -0.4 is 11.3 Å². The normalized spacial score (nSPS) is 12.6. The van der Waals surface area contributed by atoms with Crippen molar-refractivity contribution in [1.82, 2.24) is 15.0 Å². The molecule has 3 N–H and O–H groups in total. The lowest BCUT2D eigenvalue weighted by molar-refractivity contribution is 0.515. The highest BCUT2D eigenvalue weighted by Crippen LogP contribution is 2.22. The molecule has 1 aromatic heterocycles. The average Bonchev–Trinajstić information content (AvgIpc) is 2.85. The zero-order valence-corrected chi connectivity index (χ0v) is 13.2. The van der Waals surface area contributed by atoms with Crippen LogP contribution in [0.4, 0.5) is 0 Å². The molecule has 102 valence electrons. The summed E-state index contributed by atoms with van der Waals surface area (Å²) in [6.45, 7) is 3.17. The molecule has 2 aromatic rings. The Kier molecular flexibility index (Phi) is 5.35. The van der Waals surface area contributed by atoms with Gasteiger partial charge in [0.1, 0.15) is 5.82 Å². The summed E-state index contributed by atoms with van der Waals surface area (Å²) >= 11 is 2.34. The number of nitrogens with one attached hydrogen (secondary N) is 1. The molecule has 1 aromatic carbocycles. The molecule has 5 heteroatoms. The lowest BCUT2D eigenvalue weighted by atomic mass is 10.0. The second-order valence-corrected chi connectivity index (χ2v) is 5.64. The molecule has 0 saturated heterocycles. The van der Waals surface area contributed by atoms with Gasteiger partial charge in [-0.15, -0.1) is 0 Å². The summed E-state index contributed by atoms with van der Waals surface area (Å²) in [5.41, 5.74) is 4.13. The third-order valence-corrected chi connectivity index (χ3v) is 4.12. The number of aryl methyl sites for hydroxylation is 1. The van der Waals surface area contributed by atoms with Crippen LogP contribution >= 0.6 is 22.6 Å². The smallest absolute Gasteiger partial charge is 0.110 e. The van der Waals surface area contributed by atoms with Crippen molar-refractivity contribution >= 4 is 22.6 Å². The third kappa shape index (κ3) is 3.55. The Balaban J connectivity index is 2.19. The zero-order chi connectivity index (χ0) is 13.7. The SMILES string of the molecule is CCCn1ccnc1CC(NN)c1ccccc1I. The van der Waals surface area contributed by atoms with Crippen molar-refractivity contribution in [3.8, 4) is 0 Å². The lowest BCUT2D eigenvalue weighted by Gasteiger charge is -2.18. The maximum absolute atomic E-state index is 5.72. The summed E-state index contributed by atoms with van der Waals surface area (Å²) in [5, 5.41) is 0. The first-order chi connectivity index (χ1) is 9.26.